The molecule has 2 nitrogen and oxygen atoms in total. The Kier molecular flexibility index (Phi) is 2.83. The van der Waals surface area contributed by atoms with E-state index in [1.54, 1.807) is 0 Å². The van der Waals surface area contributed by atoms with E-state index in [-0.39, 0.29) is 12.1 Å². The third kappa shape index (κ3) is 2.19. The average Bonchev–Trinajstić information content (AvgIpc) is 2.38. The lowest BCUT2D eigenvalue weighted by molar-refractivity contribution is 0.00675. The standard InChI is InChI=1S/C15H17NO/c16-14-7-8-17-15(10-14)13-6-5-11-3-1-2-4-12(11)9-13/h1-6,9,14-15H,7-8,10,16H2. The number of hydrogen-bond acceptors (Lipinski definition) is 2. The molecule has 2 unspecified atom stereocenters. The van der Waals surface area contributed by atoms with E-state index < -0.39 is 0 Å². The smallest absolute Gasteiger partial charge is 0.0839 e. The lowest BCUT2D eigenvalue weighted by Crippen LogP contribution is -2.30. The summed E-state index contributed by atoms with van der Waals surface area (Å²) in [5.41, 5.74) is 7.24. The lowest BCUT2D eigenvalue weighted by atomic mass is 9.96. The first-order chi connectivity index (χ1) is 8.33. The molecule has 0 aromatic heterocycles. The lowest BCUT2D eigenvalue weighted by Gasteiger charge is -2.27. The van der Waals surface area contributed by atoms with Crippen LogP contribution in [0.15, 0.2) is 42.5 Å². The topological polar surface area (TPSA) is 35.2 Å². The average molecular weight is 227 g/mol. The number of ether oxygens (including phenoxy) is 1. The van der Waals surface area contributed by atoms with Gasteiger partial charge in [-0.1, -0.05) is 36.4 Å². The molecule has 1 fully saturated rings. The van der Waals surface area contributed by atoms with Crippen LogP contribution in [0.5, 0.6) is 0 Å². The summed E-state index contributed by atoms with van der Waals surface area (Å²) < 4.78 is 5.80. The second-order valence-electron chi connectivity index (χ2n) is 4.75. The van der Waals surface area contributed by atoms with Crippen molar-refractivity contribution in [2.75, 3.05) is 6.61 Å². The van der Waals surface area contributed by atoms with Crippen molar-refractivity contribution in [3.63, 3.8) is 0 Å². The van der Waals surface area contributed by atoms with Crippen LogP contribution < -0.4 is 5.73 Å². The normalized spacial score (nSPS) is 25.0. The summed E-state index contributed by atoms with van der Waals surface area (Å²) in [4.78, 5) is 0. The van der Waals surface area contributed by atoms with E-state index in [1.807, 2.05) is 0 Å². The van der Waals surface area contributed by atoms with Crippen LogP contribution in [0.1, 0.15) is 24.5 Å². The molecule has 0 bridgehead atoms. The minimum atomic E-state index is 0.170. The van der Waals surface area contributed by atoms with Gasteiger partial charge in [0.1, 0.15) is 0 Å². The molecule has 1 aliphatic rings. The van der Waals surface area contributed by atoms with Crippen molar-refractivity contribution in [1.29, 1.82) is 0 Å². The molecule has 2 heteroatoms. The summed E-state index contributed by atoms with van der Waals surface area (Å²) in [6.07, 6.45) is 2.07. The van der Waals surface area contributed by atoms with Gasteiger partial charge in [0, 0.05) is 12.6 Å². The van der Waals surface area contributed by atoms with Crippen molar-refractivity contribution < 1.29 is 4.74 Å². The number of nitrogens with two attached hydrogens (primary N) is 1. The van der Waals surface area contributed by atoms with Crippen LogP contribution in [-0.2, 0) is 4.74 Å². The molecule has 2 atom stereocenters. The molecule has 88 valence electrons. The Balaban J connectivity index is 1.94. The van der Waals surface area contributed by atoms with Gasteiger partial charge in [0.05, 0.1) is 6.10 Å². The Morgan fingerprint density at radius 1 is 1.06 bits per heavy atom. The van der Waals surface area contributed by atoms with Crippen molar-refractivity contribution in [2.45, 2.75) is 25.0 Å². The molecule has 0 amide bonds. The highest BCUT2D eigenvalue weighted by atomic mass is 16.5. The van der Waals surface area contributed by atoms with Crippen LogP contribution in [-0.4, -0.2) is 12.6 Å². The fraction of sp³-hybridized carbons (Fsp3) is 0.333. The van der Waals surface area contributed by atoms with E-state index in [1.165, 1.54) is 16.3 Å². The number of rotatable bonds is 1. The van der Waals surface area contributed by atoms with Gasteiger partial charge in [0.25, 0.3) is 0 Å². The molecular formula is C15H17NO. The third-order valence-electron chi connectivity index (χ3n) is 3.47. The Morgan fingerprint density at radius 3 is 2.71 bits per heavy atom. The Morgan fingerprint density at radius 2 is 1.88 bits per heavy atom. The van der Waals surface area contributed by atoms with E-state index in [2.05, 4.69) is 42.5 Å². The quantitative estimate of drug-likeness (QED) is 0.812. The first kappa shape index (κ1) is 10.8. The highest BCUT2D eigenvalue weighted by Gasteiger charge is 2.21. The highest BCUT2D eigenvalue weighted by Crippen LogP contribution is 2.29. The molecule has 2 aromatic carbocycles. The molecule has 0 aliphatic carbocycles. The van der Waals surface area contributed by atoms with Gasteiger partial charge < -0.3 is 10.5 Å². The largest absolute Gasteiger partial charge is 0.373 e. The van der Waals surface area contributed by atoms with Gasteiger partial charge in [0.2, 0.25) is 0 Å². The number of benzene rings is 2. The summed E-state index contributed by atoms with van der Waals surface area (Å²) >= 11 is 0. The third-order valence-corrected chi connectivity index (χ3v) is 3.47. The molecule has 3 rings (SSSR count). The Hall–Kier alpha value is -1.38. The minimum Gasteiger partial charge on any atom is -0.373 e. The molecule has 1 aliphatic heterocycles. The first-order valence-corrected chi connectivity index (χ1v) is 6.19. The SMILES string of the molecule is NC1CCOC(c2ccc3ccccc3c2)C1. The van der Waals surface area contributed by atoms with Crippen LogP contribution >= 0.6 is 0 Å². The second-order valence-corrected chi connectivity index (χ2v) is 4.75. The summed E-state index contributed by atoms with van der Waals surface area (Å²) in [6.45, 7) is 0.776. The van der Waals surface area contributed by atoms with Gasteiger partial charge in [-0.25, -0.2) is 0 Å². The monoisotopic (exact) mass is 227 g/mol. The number of hydrogen-bond donors (Lipinski definition) is 1. The maximum Gasteiger partial charge on any atom is 0.0839 e. The maximum absolute atomic E-state index is 6.00. The van der Waals surface area contributed by atoms with Crippen LogP contribution in [0.4, 0.5) is 0 Å². The van der Waals surface area contributed by atoms with E-state index in [0.717, 1.165) is 19.4 Å². The Labute approximate surface area is 101 Å². The van der Waals surface area contributed by atoms with Gasteiger partial charge in [-0.2, -0.15) is 0 Å². The first-order valence-electron chi connectivity index (χ1n) is 6.19. The Bertz CT molecular complexity index is 523. The molecule has 2 aromatic rings. The molecule has 0 spiro atoms. The predicted octanol–water partition coefficient (Wildman–Crippen LogP) is 3.02. The highest BCUT2D eigenvalue weighted by molar-refractivity contribution is 5.83. The van der Waals surface area contributed by atoms with E-state index >= 15 is 0 Å². The van der Waals surface area contributed by atoms with Crippen LogP contribution in [0.3, 0.4) is 0 Å². The summed E-state index contributed by atoms with van der Waals surface area (Å²) in [6, 6.07) is 15.2. The molecule has 2 N–H and O–H groups in total. The molecule has 1 saturated heterocycles. The van der Waals surface area contributed by atoms with Crippen molar-refractivity contribution in [1.82, 2.24) is 0 Å². The molecular weight excluding hydrogens is 210 g/mol. The fourth-order valence-corrected chi connectivity index (χ4v) is 2.46. The van der Waals surface area contributed by atoms with Crippen molar-refractivity contribution in [3.8, 4) is 0 Å². The maximum atomic E-state index is 6.00. The minimum absolute atomic E-state index is 0.170. The van der Waals surface area contributed by atoms with Gasteiger partial charge >= 0.3 is 0 Å². The van der Waals surface area contributed by atoms with Gasteiger partial charge in [0.15, 0.2) is 0 Å². The van der Waals surface area contributed by atoms with Crippen LogP contribution in [0.2, 0.25) is 0 Å². The van der Waals surface area contributed by atoms with E-state index in [4.69, 9.17) is 10.5 Å². The zero-order valence-corrected chi connectivity index (χ0v) is 9.80. The summed E-state index contributed by atoms with van der Waals surface area (Å²) in [5.74, 6) is 0. The van der Waals surface area contributed by atoms with Gasteiger partial charge in [-0.05, 0) is 35.2 Å². The zero-order valence-electron chi connectivity index (χ0n) is 9.80. The van der Waals surface area contributed by atoms with Crippen LogP contribution in [0.25, 0.3) is 10.8 Å². The predicted molar refractivity (Wildman–Crippen MR) is 69.9 cm³/mol. The molecule has 0 radical (unpaired) electrons. The van der Waals surface area contributed by atoms with Gasteiger partial charge in [-0.3, -0.25) is 0 Å². The summed E-state index contributed by atoms with van der Waals surface area (Å²) in [7, 11) is 0. The zero-order chi connectivity index (χ0) is 11.7. The molecule has 1 heterocycles. The van der Waals surface area contributed by atoms with Gasteiger partial charge in [-0.15, -0.1) is 0 Å². The van der Waals surface area contributed by atoms with E-state index in [0.29, 0.717) is 0 Å². The molecule has 17 heavy (non-hydrogen) atoms. The molecule has 0 saturated carbocycles. The second kappa shape index (κ2) is 4.47. The van der Waals surface area contributed by atoms with Crippen molar-refractivity contribution >= 4 is 10.8 Å². The van der Waals surface area contributed by atoms with Crippen molar-refractivity contribution in [2.24, 2.45) is 5.73 Å². The van der Waals surface area contributed by atoms with E-state index in [9.17, 15) is 0 Å². The number of fused-ring (bicyclic) bond motifs is 1. The van der Waals surface area contributed by atoms with Crippen LogP contribution in [0, 0.1) is 0 Å². The summed E-state index contributed by atoms with van der Waals surface area (Å²) in [5, 5.41) is 2.55. The van der Waals surface area contributed by atoms with Crippen molar-refractivity contribution in [3.05, 3.63) is 48.0 Å². The fourth-order valence-electron chi connectivity index (χ4n) is 2.46.